The summed E-state index contributed by atoms with van der Waals surface area (Å²) in [6.07, 6.45) is 0. The minimum Gasteiger partial charge on any atom is -0.202 e. The first-order valence-corrected chi connectivity index (χ1v) is 1.29. The van der Waals surface area contributed by atoms with E-state index in [0.29, 0.717) is 0 Å². The van der Waals surface area contributed by atoms with Gasteiger partial charge in [-0.15, -0.1) is 0 Å². The third kappa shape index (κ3) is 9570. The zero-order valence-corrected chi connectivity index (χ0v) is 12.3. The summed E-state index contributed by atoms with van der Waals surface area (Å²) in [5.41, 5.74) is 0. The van der Waals surface area contributed by atoms with E-state index in [2.05, 4.69) is 32.9 Å². The standard InChI is InChI=1S/5CHN.4Ag/c5*1-2;;;;/h5*1H;;;;. The predicted octanol–water partition coefficient (Wildman–Crippen LogP) is 0.689. The molecule has 0 atom stereocenters. The molecule has 0 fully saturated rings. The van der Waals surface area contributed by atoms with Gasteiger partial charge in [-0.05, 0) is 0 Å². The van der Waals surface area contributed by atoms with Crippen LogP contribution in [0.25, 0.3) is 0 Å². The van der Waals surface area contributed by atoms with Crippen LogP contribution in [-0.4, -0.2) is 0 Å². The first kappa shape index (κ1) is 88.5. The molecular formula is C5H5Ag4N5. The molecule has 0 N–H and O–H groups in total. The van der Waals surface area contributed by atoms with Gasteiger partial charge < -0.3 is 0 Å². The van der Waals surface area contributed by atoms with Crippen molar-refractivity contribution < 1.29 is 89.5 Å². The van der Waals surface area contributed by atoms with Crippen molar-refractivity contribution in [1.29, 1.82) is 26.3 Å². The molecular weight excluding hydrogens is 562 g/mol. The van der Waals surface area contributed by atoms with Gasteiger partial charge in [0.25, 0.3) is 0 Å². The summed E-state index contributed by atoms with van der Waals surface area (Å²) < 4.78 is 0. The summed E-state index contributed by atoms with van der Waals surface area (Å²) in [6.45, 7) is 17.5. The quantitative estimate of drug-likeness (QED) is 0.400. The van der Waals surface area contributed by atoms with Gasteiger partial charge in [-0.2, -0.15) is 0 Å². The molecule has 94 valence electrons. The molecule has 0 aliphatic heterocycles. The van der Waals surface area contributed by atoms with Crippen molar-refractivity contribution in [2.24, 2.45) is 0 Å². The van der Waals surface area contributed by atoms with Gasteiger partial charge >= 0.3 is 0 Å². The summed E-state index contributed by atoms with van der Waals surface area (Å²) >= 11 is 0. The summed E-state index contributed by atoms with van der Waals surface area (Å²) in [4.78, 5) is 0. The van der Waals surface area contributed by atoms with Crippen LogP contribution in [0.4, 0.5) is 0 Å². The van der Waals surface area contributed by atoms with Crippen molar-refractivity contribution in [3.63, 3.8) is 0 Å². The van der Waals surface area contributed by atoms with E-state index in [0.717, 1.165) is 0 Å². The molecule has 0 rings (SSSR count). The van der Waals surface area contributed by atoms with E-state index in [1.165, 1.54) is 0 Å². The van der Waals surface area contributed by atoms with E-state index in [-0.39, 0.29) is 89.5 Å². The maximum atomic E-state index is 6.50. The summed E-state index contributed by atoms with van der Waals surface area (Å²) in [7, 11) is 0. The number of hydrogen-bond donors (Lipinski definition) is 0. The van der Waals surface area contributed by atoms with Crippen LogP contribution in [0.1, 0.15) is 0 Å². The second kappa shape index (κ2) is 12200. The van der Waals surface area contributed by atoms with Crippen LogP contribution in [0.15, 0.2) is 0 Å². The van der Waals surface area contributed by atoms with Gasteiger partial charge in [0.1, 0.15) is 0 Å². The Bertz CT molecular complexity index is 80.7. The third-order valence-corrected chi connectivity index (χ3v) is 0. The zero-order chi connectivity index (χ0) is 10.0. The zero-order valence-electron chi connectivity index (χ0n) is 6.33. The number of hydrogen-bond acceptors (Lipinski definition) is 5. The second-order valence-corrected chi connectivity index (χ2v) is 0. The van der Waals surface area contributed by atoms with Crippen LogP contribution in [0.2, 0.25) is 0 Å². The van der Waals surface area contributed by atoms with Crippen molar-refractivity contribution in [1.82, 2.24) is 0 Å². The predicted molar refractivity (Wildman–Crippen MR) is 33.3 cm³/mol. The van der Waals surface area contributed by atoms with E-state index in [9.17, 15) is 0 Å². The van der Waals surface area contributed by atoms with Crippen molar-refractivity contribution in [2.75, 3.05) is 0 Å². The Morgan fingerprint density at radius 2 is 0.286 bits per heavy atom. The van der Waals surface area contributed by atoms with Crippen LogP contribution in [0.3, 0.4) is 0 Å². The Balaban J connectivity index is -0.00000000298. The Kier molecular flexibility index (Phi) is 77300. The SMILES string of the molecule is C#N.C#N.C#N.C#N.C#N.[Ag].[Ag].[Ag].[Ag]. The van der Waals surface area contributed by atoms with Gasteiger partial charge in [-0.3, -0.25) is 0 Å². The number of nitriles is 5. The summed E-state index contributed by atoms with van der Waals surface area (Å²) in [5, 5.41) is 32.5. The Hall–Kier alpha value is 0.411. The molecule has 0 spiro atoms. The molecule has 0 bridgehead atoms. The van der Waals surface area contributed by atoms with E-state index in [4.69, 9.17) is 26.3 Å². The molecule has 0 unspecified atom stereocenters. The summed E-state index contributed by atoms with van der Waals surface area (Å²) in [6, 6.07) is 0. The average molecular weight is 567 g/mol. The number of rotatable bonds is 0. The third-order valence-electron chi connectivity index (χ3n) is 0. The molecule has 14 heavy (non-hydrogen) atoms. The van der Waals surface area contributed by atoms with Crippen molar-refractivity contribution >= 4 is 0 Å². The molecule has 5 nitrogen and oxygen atoms in total. The Morgan fingerprint density at radius 3 is 0.286 bits per heavy atom. The van der Waals surface area contributed by atoms with E-state index >= 15 is 0 Å². The fourth-order valence-corrected chi connectivity index (χ4v) is 0. The Labute approximate surface area is 147 Å². The molecule has 0 aromatic carbocycles. The van der Waals surface area contributed by atoms with Crippen molar-refractivity contribution in [3.05, 3.63) is 0 Å². The molecule has 0 saturated carbocycles. The topological polar surface area (TPSA) is 119 Å². The fourth-order valence-electron chi connectivity index (χ4n) is 0. The maximum Gasteiger partial charge on any atom is 0.0462 e. The molecule has 0 amide bonds. The van der Waals surface area contributed by atoms with Crippen LogP contribution in [0.5, 0.6) is 0 Å². The second-order valence-electron chi connectivity index (χ2n) is 0. The first-order chi connectivity index (χ1) is 5.00. The molecule has 0 aliphatic rings. The van der Waals surface area contributed by atoms with Gasteiger partial charge in [-0.1, -0.05) is 0 Å². The van der Waals surface area contributed by atoms with Crippen LogP contribution in [0, 0.1) is 59.2 Å². The Morgan fingerprint density at radius 1 is 0.286 bits per heavy atom. The largest absolute Gasteiger partial charge is 0.202 e. The molecule has 0 saturated heterocycles. The van der Waals surface area contributed by atoms with E-state index < -0.39 is 0 Å². The smallest absolute Gasteiger partial charge is 0.0462 e. The van der Waals surface area contributed by atoms with Crippen LogP contribution < -0.4 is 0 Å². The molecule has 0 heterocycles. The first-order valence-electron chi connectivity index (χ1n) is 1.29. The van der Waals surface area contributed by atoms with Gasteiger partial charge in [0.05, 0.1) is 0 Å². The van der Waals surface area contributed by atoms with Crippen LogP contribution in [-0.2, 0) is 89.5 Å². The average Bonchev–Trinajstić information content (AvgIpc) is 2.20. The van der Waals surface area contributed by atoms with E-state index in [1.807, 2.05) is 0 Å². The van der Waals surface area contributed by atoms with E-state index in [1.54, 1.807) is 0 Å². The van der Waals surface area contributed by atoms with Gasteiger partial charge in [0, 0.05) is 122 Å². The normalized spacial score (nSPS) is 0.714. The van der Waals surface area contributed by atoms with Crippen LogP contribution >= 0.6 is 0 Å². The fraction of sp³-hybridized carbons (Fsp3) is 0. The number of nitrogens with zero attached hydrogens (tertiary/aromatic N) is 5. The van der Waals surface area contributed by atoms with Gasteiger partial charge in [0.2, 0.25) is 0 Å². The minimum absolute atomic E-state index is 0. The molecule has 0 aliphatic carbocycles. The monoisotopic (exact) mass is 563 g/mol. The minimum atomic E-state index is 0. The molecule has 9 heteroatoms. The van der Waals surface area contributed by atoms with Crippen molar-refractivity contribution in [3.8, 4) is 32.9 Å². The molecule has 0 aromatic rings. The summed E-state index contributed by atoms with van der Waals surface area (Å²) in [5.74, 6) is 0. The van der Waals surface area contributed by atoms with Gasteiger partial charge in [0.15, 0.2) is 0 Å². The van der Waals surface area contributed by atoms with Gasteiger partial charge in [-0.25, -0.2) is 26.3 Å². The maximum absolute atomic E-state index is 6.50. The van der Waals surface area contributed by atoms with Crippen molar-refractivity contribution in [2.45, 2.75) is 0 Å². The molecule has 0 aromatic heterocycles. The molecule has 4 radical (unpaired) electrons.